The quantitative estimate of drug-likeness (QED) is 0.623. The Labute approximate surface area is 183 Å². The minimum Gasteiger partial charge on any atom is -0.366 e. The van der Waals surface area contributed by atoms with Gasteiger partial charge in [-0.1, -0.05) is 36.4 Å². The summed E-state index contributed by atoms with van der Waals surface area (Å²) in [5.74, 6) is 1.02. The molecular weight excluding hydrogens is 382 g/mol. The lowest BCUT2D eigenvalue weighted by Gasteiger charge is -2.42. The molecule has 4 atom stereocenters. The number of fused-ring (bicyclic) bond motifs is 5. The van der Waals surface area contributed by atoms with E-state index in [-0.39, 0.29) is 5.91 Å². The van der Waals surface area contributed by atoms with Gasteiger partial charge in [-0.05, 0) is 74.1 Å². The van der Waals surface area contributed by atoms with Gasteiger partial charge in [0, 0.05) is 46.7 Å². The number of primary amides is 1. The van der Waals surface area contributed by atoms with Crippen LogP contribution in [0.3, 0.4) is 0 Å². The molecule has 0 spiro atoms. The SMILES string of the molecule is NC(=O)c1ccc2c3c([nH]c2c1)C(C1C[C@H]2CC[C@@H](C1)N2Cc1ccccc1)CCC3. The highest BCUT2D eigenvalue weighted by Gasteiger charge is 2.44. The van der Waals surface area contributed by atoms with E-state index in [0.717, 1.165) is 36.5 Å². The summed E-state index contributed by atoms with van der Waals surface area (Å²) in [7, 11) is 0. The van der Waals surface area contributed by atoms with Crippen LogP contribution in [0.15, 0.2) is 48.5 Å². The van der Waals surface area contributed by atoms with Crippen LogP contribution in [0.25, 0.3) is 10.9 Å². The second-order valence-electron chi connectivity index (χ2n) is 9.91. The smallest absolute Gasteiger partial charge is 0.248 e. The molecule has 1 amide bonds. The van der Waals surface area contributed by atoms with E-state index in [0.29, 0.717) is 11.5 Å². The fraction of sp³-hybridized carbons (Fsp3) is 0.444. The summed E-state index contributed by atoms with van der Waals surface area (Å²) in [6, 6.07) is 18.3. The molecule has 4 nitrogen and oxygen atoms in total. The number of nitrogens with two attached hydrogens (primary N) is 1. The Balaban J connectivity index is 1.26. The summed E-state index contributed by atoms with van der Waals surface area (Å²) in [5.41, 5.74) is 11.6. The Morgan fingerprint density at radius 2 is 1.81 bits per heavy atom. The number of hydrogen-bond acceptors (Lipinski definition) is 2. The molecule has 2 bridgehead atoms. The molecule has 31 heavy (non-hydrogen) atoms. The van der Waals surface area contributed by atoms with Crippen LogP contribution in [0, 0.1) is 5.92 Å². The number of nitrogens with one attached hydrogen (secondary N) is 1. The molecule has 0 saturated carbocycles. The summed E-state index contributed by atoms with van der Waals surface area (Å²) in [5, 5.41) is 1.29. The summed E-state index contributed by atoms with van der Waals surface area (Å²) in [6.45, 7) is 1.10. The van der Waals surface area contributed by atoms with E-state index >= 15 is 0 Å². The molecule has 3 heterocycles. The standard InChI is InChI=1S/C27H31N3O/c28-27(31)18-9-12-23-24-8-4-7-22(26(24)29-25(23)15-18)19-13-20-10-11-21(14-19)30(20)16-17-5-2-1-3-6-17/h1-3,5-6,9,12,15,19-22,29H,4,7-8,10-11,13-14,16H2,(H2,28,31)/t19?,20-,21+,22?. The maximum Gasteiger partial charge on any atom is 0.248 e. The lowest BCUT2D eigenvalue weighted by molar-refractivity contribution is 0.0821. The molecule has 2 fully saturated rings. The number of carbonyl (C=O) groups excluding carboxylic acids is 1. The van der Waals surface area contributed by atoms with Crippen molar-refractivity contribution < 1.29 is 4.79 Å². The first-order chi connectivity index (χ1) is 15.2. The number of aromatic nitrogens is 1. The van der Waals surface area contributed by atoms with Crippen LogP contribution in [-0.2, 0) is 13.0 Å². The topological polar surface area (TPSA) is 62.1 Å². The Morgan fingerprint density at radius 1 is 1.03 bits per heavy atom. The Bertz CT molecular complexity index is 1100. The number of aromatic amines is 1. The van der Waals surface area contributed by atoms with Gasteiger partial charge in [-0.3, -0.25) is 9.69 Å². The highest BCUT2D eigenvalue weighted by Crippen LogP contribution is 2.49. The summed E-state index contributed by atoms with van der Waals surface area (Å²) in [4.78, 5) is 18.2. The maximum absolute atomic E-state index is 11.6. The monoisotopic (exact) mass is 413 g/mol. The fourth-order valence-corrected chi connectivity index (χ4v) is 6.83. The molecule has 4 heteroatoms. The first kappa shape index (κ1) is 19.1. The molecule has 0 radical (unpaired) electrons. The maximum atomic E-state index is 11.6. The van der Waals surface area contributed by atoms with Gasteiger partial charge in [0.25, 0.3) is 0 Å². The minimum absolute atomic E-state index is 0.353. The summed E-state index contributed by atoms with van der Waals surface area (Å²) < 4.78 is 0. The molecule has 160 valence electrons. The van der Waals surface area contributed by atoms with Crippen molar-refractivity contribution in [3.05, 3.63) is 70.9 Å². The number of benzene rings is 2. The molecule has 2 unspecified atom stereocenters. The van der Waals surface area contributed by atoms with Crippen molar-refractivity contribution >= 4 is 16.8 Å². The van der Waals surface area contributed by atoms with Crippen molar-refractivity contribution in [3.8, 4) is 0 Å². The number of piperidine rings is 1. The zero-order valence-corrected chi connectivity index (χ0v) is 18.0. The van der Waals surface area contributed by atoms with Gasteiger partial charge < -0.3 is 10.7 Å². The highest BCUT2D eigenvalue weighted by molar-refractivity contribution is 5.97. The minimum atomic E-state index is -0.353. The van der Waals surface area contributed by atoms with Crippen molar-refractivity contribution in [1.82, 2.24) is 9.88 Å². The molecule has 1 aromatic heterocycles. The molecule has 1 aliphatic carbocycles. The zero-order valence-electron chi connectivity index (χ0n) is 18.0. The average Bonchev–Trinajstić information content (AvgIpc) is 3.26. The summed E-state index contributed by atoms with van der Waals surface area (Å²) >= 11 is 0. The van der Waals surface area contributed by atoms with E-state index in [4.69, 9.17) is 5.73 Å². The van der Waals surface area contributed by atoms with Crippen molar-refractivity contribution in [2.24, 2.45) is 11.7 Å². The molecule has 2 saturated heterocycles. The zero-order chi connectivity index (χ0) is 20.9. The molecule has 3 N–H and O–H groups in total. The van der Waals surface area contributed by atoms with Crippen LogP contribution in [0.2, 0.25) is 0 Å². The first-order valence-corrected chi connectivity index (χ1v) is 11.9. The molecule has 2 aromatic carbocycles. The third-order valence-corrected chi connectivity index (χ3v) is 8.23. The molecule has 3 aliphatic rings. The van der Waals surface area contributed by atoms with Crippen LogP contribution in [0.4, 0.5) is 0 Å². The van der Waals surface area contributed by atoms with Crippen LogP contribution < -0.4 is 5.73 Å². The number of hydrogen-bond donors (Lipinski definition) is 2. The highest BCUT2D eigenvalue weighted by atomic mass is 16.1. The van der Waals surface area contributed by atoms with Crippen molar-refractivity contribution in [1.29, 1.82) is 0 Å². The lowest BCUT2D eigenvalue weighted by Crippen LogP contribution is -2.43. The van der Waals surface area contributed by atoms with Gasteiger partial charge in [0.15, 0.2) is 0 Å². The van der Waals surface area contributed by atoms with E-state index in [2.05, 4.69) is 46.3 Å². The molecular formula is C27H31N3O. The fourth-order valence-electron chi connectivity index (χ4n) is 6.83. The second kappa shape index (κ2) is 7.52. The Morgan fingerprint density at radius 3 is 2.55 bits per heavy atom. The van der Waals surface area contributed by atoms with E-state index in [1.165, 1.54) is 60.7 Å². The number of aryl methyl sites for hydroxylation is 1. The van der Waals surface area contributed by atoms with Crippen LogP contribution in [0.5, 0.6) is 0 Å². The van der Waals surface area contributed by atoms with Crippen molar-refractivity contribution in [2.75, 3.05) is 0 Å². The second-order valence-corrected chi connectivity index (χ2v) is 9.91. The Hall–Kier alpha value is -2.59. The largest absolute Gasteiger partial charge is 0.366 e. The normalized spacial score (nSPS) is 28.0. The lowest BCUT2D eigenvalue weighted by atomic mass is 9.73. The third kappa shape index (κ3) is 3.28. The number of rotatable bonds is 4. The number of H-pyrrole nitrogens is 1. The van der Waals surface area contributed by atoms with E-state index in [1.54, 1.807) is 0 Å². The predicted molar refractivity (Wildman–Crippen MR) is 124 cm³/mol. The van der Waals surface area contributed by atoms with Crippen LogP contribution in [-0.4, -0.2) is 27.9 Å². The van der Waals surface area contributed by atoms with Gasteiger partial charge in [-0.15, -0.1) is 0 Å². The Kier molecular flexibility index (Phi) is 4.64. The first-order valence-electron chi connectivity index (χ1n) is 11.9. The third-order valence-electron chi connectivity index (χ3n) is 8.23. The van der Waals surface area contributed by atoms with E-state index < -0.39 is 0 Å². The number of amides is 1. The van der Waals surface area contributed by atoms with Crippen molar-refractivity contribution in [2.45, 2.75) is 69.5 Å². The predicted octanol–water partition coefficient (Wildman–Crippen LogP) is 5.13. The van der Waals surface area contributed by atoms with Crippen molar-refractivity contribution in [3.63, 3.8) is 0 Å². The van der Waals surface area contributed by atoms with Gasteiger partial charge in [0.05, 0.1) is 0 Å². The summed E-state index contributed by atoms with van der Waals surface area (Å²) in [6.07, 6.45) is 9.02. The number of carbonyl (C=O) groups is 1. The molecule has 6 rings (SSSR count). The van der Waals surface area contributed by atoms with E-state index in [1.807, 2.05) is 12.1 Å². The van der Waals surface area contributed by atoms with Gasteiger partial charge in [0.1, 0.15) is 0 Å². The van der Waals surface area contributed by atoms with Crippen LogP contribution >= 0.6 is 0 Å². The van der Waals surface area contributed by atoms with Gasteiger partial charge in [-0.2, -0.15) is 0 Å². The molecule has 2 aliphatic heterocycles. The number of nitrogens with zero attached hydrogens (tertiary/aromatic N) is 1. The van der Waals surface area contributed by atoms with Gasteiger partial charge in [-0.25, -0.2) is 0 Å². The van der Waals surface area contributed by atoms with E-state index in [9.17, 15) is 4.79 Å². The average molecular weight is 414 g/mol. The van der Waals surface area contributed by atoms with Crippen LogP contribution in [0.1, 0.15) is 71.6 Å². The van der Waals surface area contributed by atoms with Gasteiger partial charge in [0.2, 0.25) is 5.91 Å². The van der Waals surface area contributed by atoms with Gasteiger partial charge >= 0.3 is 0 Å². The molecule has 3 aromatic rings.